The smallest absolute Gasteiger partial charge is 0.141 e. The molecule has 0 aliphatic rings. The first kappa shape index (κ1) is 10.1. The van der Waals surface area contributed by atoms with Crippen molar-refractivity contribution < 1.29 is 0 Å². The number of aromatic nitrogens is 2. The summed E-state index contributed by atoms with van der Waals surface area (Å²) < 4.78 is 0. The second-order valence-electron chi connectivity index (χ2n) is 3.58. The van der Waals surface area contributed by atoms with Crippen LogP contribution in [0, 0.1) is 5.92 Å². The molecule has 3 heteroatoms. The summed E-state index contributed by atoms with van der Waals surface area (Å²) in [4.78, 5) is 8.27. The predicted octanol–water partition coefficient (Wildman–Crippen LogP) is 1.61. The molecule has 0 saturated carbocycles. The quantitative estimate of drug-likeness (QED) is 0.763. The SMILES string of the molecule is CC(C)C(C)NCc1ncccn1. The normalized spacial score (nSPS) is 13.2. The summed E-state index contributed by atoms with van der Waals surface area (Å²) in [7, 11) is 0. The Balaban J connectivity index is 2.35. The summed E-state index contributed by atoms with van der Waals surface area (Å²) in [5, 5.41) is 3.37. The van der Waals surface area contributed by atoms with E-state index in [1.807, 2.05) is 6.07 Å². The van der Waals surface area contributed by atoms with Crippen LogP contribution in [0.2, 0.25) is 0 Å². The number of hydrogen-bond donors (Lipinski definition) is 1. The molecule has 1 unspecified atom stereocenters. The van der Waals surface area contributed by atoms with E-state index >= 15 is 0 Å². The topological polar surface area (TPSA) is 37.8 Å². The van der Waals surface area contributed by atoms with Crippen LogP contribution in [0.5, 0.6) is 0 Å². The summed E-state index contributed by atoms with van der Waals surface area (Å²) in [5.74, 6) is 1.50. The van der Waals surface area contributed by atoms with Crippen molar-refractivity contribution in [1.82, 2.24) is 15.3 Å². The van der Waals surface area contributed by atoms with Crippen LogP contribution < -0.4 is 5.32 Å². The molecule has 72 valence electrons. The third kappa shape index (κ3) is 3.51. The van der Waals surface area contributed by atoms with Crippen LogP contribution in [0.4, 0.5) is 0 Å². The minimum absolute atomic E-state index is 0.504. The van der Waals surface area contributed by atoms with Gasteiger partial charge in [0.2, 0.25) is 0 Å². The highest BCUT2D eigenvalue weighted by Gasteiger charge is 2.05. The molecule has 1 N–H and O–H groups in total. The number of nitrogens with one attached hydrogen (secondary N) is 1. The van der Waals surface area contributed by atoms with Gasteiger partial charge in [0.05, 0.1) is 6.54 Å². The molecule has 1 atom stereocenters. The van der Waals surface area contributed by atoms with Gasteiger partial charge in [-0.15, -0.1) is 0 Å². The van der Waals surface area contributed by atoms with E-state index in [2.05, 4.69) is 36.1 Å². The predicted molar refractivity (Wildman–Crippen MR) is 53.2 cm³/mol. The maximum Gasteiger partial charge on any atom is 0.141 e. The summed E-state index contributed by atoms with van der Waals surface area (Å²) >= 11 is 0. The third-order valence-corrected chi connectivity index (χ3v) is 2.20. The zero-order chi connectivity index (χ0) is 9.68. The molecule has 0 amide bonds. The van der Waals surface area contributed by atoms with Crippen molar-refractivity contribution >= 4 is 0 Å². The van der Waals surface area contributed by atoms with Crippen molar-refractivity contribution in [3.63, 3.8) is 0 Å². The number of hydrogen-bond acceptors (Lipinski definition) is 3. The molecule has 1 aromatic heterocycles. The van der Waals surface area contributed by atoms with Gasteiger partial charge in [0.15, 0.2) is 0 Å². The molecule has 0 bridgehead atoms. The highest BCUT2D eigenvalue weighted by Crippen LogP contribution is 2.00. The van der Waals surface area contributed by atoms with E-state index in [4.69, 9.17) is 0 Å². The van der Waals surface area contributed by atoms with Gasteiger partial charge in [-0.25, -0.2) is 9.97 Å². The molecule has 3 nitrogen and oxygen atoms in total. The van der Waals surface area contributed by atoms with E-state index < -0.39 is 0 Å². The van der Waals surface area contributed by atoms with Crippen molar-refractivity contribution in [2.75, 3.05) is 0 Å². The Kier molecular flexibility index (Phi) is 3.83. The zero-order valence-corrected chi connectivity index (χ0v) is 8.49. The fourth-order valence-corrected chi connectivity index (χ4v) is 0.909. The van der Waals surface area contributed by atoms with Crippen LogP contribution in [-0.2, 0) is 6.54 Å². The van der Waals surface area contributed by atoms with E-state index in [0.29, 0.717) is 12.0 Å². The maximum absolute atomic E-state index is 4.14. The summed E-state index contributed by atoms with van der Waals surface area (Å²) in [6.07, 6.45) is 3.54. The minimum atomic E-state index is 0.504. The lowest BCUT2D eigenvalue weighted by atomic mass is 10.1. The molecule has 0 fully saturated rings. The average Bonchev–Trinajstić information content (AvgIpc) is 2.15. The van der Waals surface area contributed by atoms with Crippen molar-refractivity contribution in [3.05, 3.63) is 24.3 Å². The Morgan fingerprint density at radius 2 is 1.85 bits per heavy atom. The molecule has 0 aliphatic heterocycles. The molecular formula is C10H17N3. The summed E-state index contributed by atoms with van der Waals surface area (Å²) in [5.41, 5.74) is 0. The lowest BCUT2D eigenvalue weighted by Gasteiger charge is -2.16. The number of rotatable bonds is 4. The third-order valence-electron chi connectivity index (χ3n) is 2.20. The lowest BCUT2D eigenvalue weighted by molar-refractivity contribution is 0.421. The van der Waals surface area contributed by atoms with Gasteiger partial charge >= 0.3 is 0 Å². The molecular weight excluding hydrogens is 162 g/mol. The van der Waals surface area contributed by atoms with E-state index in [9.17, 15) is 0 Å². The van der Waals surface area contributed by atoms with Gasteiger partial charge in [-0.2, -0.15) is 0 Å². The molecule has 13 heavy (non-hydrogen) atoms. The standard InChI is InChI=1S/C10H17N3/c1-8(2)9(3)13-7-10-11-5-4-6-12-10/h4-6,8-9,13H,7H2,1-3H3. The van der Waals surface area contributed by atoms with E-state index in [0.717, 1.165) is 12.4 Å². The van der Waals surface area contributed by atoms with Gasteiger partial charge in [-0.3, -0.25) is 0 Å². The Morgan fingerprint density at radius 3 is 2.38 bits per heavy atom. The summed E-state index contributed by atoms with van der Waals surface area (Å²) in [6.45, 7) is 7.32. The van der Waals surface area contributed by atoms with Gasteiger partial charge in [0.1, 0.15) is 5.82 Å². The first-order valence-electron chi connectivity index (χ1n) is 4.69. The Bertz CT molecular complexity index is 233. The van der Waals surface area contributed by atoms with Gasteiger partial charge in [-0.05, 0) is 18.9 Å². The van der Waals surface area contributed by atoms with Crippen molar-refractivity contribution in [3.8, 4) is 0 Å². The largest absolute Gasteiger partial charge is 0.307 e. The Labute approximate surface area is 79.6 Å². The highest BCUT2D eigenvalue weighted by atomic mass is 15.0. The molecule has 0 saturated heterocycles. The molecule has 0 aliphatic carbocycles. The van der Waals surface area contributed by atoms with Crippen LogP contribution in [0.3, 0.4) is 0 Å². The van der Waals surface area contributed by atoms with Crippen LogP contribution in [0.15, 0.2) is 18.5 Å². The van der Waals surface area contributed by atoms with Crippen LogP contribution in [0.25, 0.3) is 0 Å². The molecule has 1 rings (SSSR count). The molecule has 1 aromatic rings. The molecule has 0 aromatic carbocycles. The first-order valence-corrected chi connectivity index (χ1v) is 4.69. The average molecular weight is 179 g/mol. The van der Waals surface area contributed by atoms with Crippen LogP contribution in [0.1, 0.15) is 26.6 Å². The monoisotopic (exact) mass is 179 g/mol. The van der Waals surface area contributed by atoms with Crippen LogP contribution in [-0.4, -0.2) is 16.0 Å². The van der Waals surface area contributed by atoms with Gasteiger partial charge < -0.3 is 5.32 Å². The van der Waals surface area contributed by atoms with Crippen molar-refractivity contribution in [2.45, 2.75) is 33.4 Å². The Hall–Kier alpha value is -0.960. The highest BCUT2D eigenvalue weighted by molar-refractivity contribution is 4.88. The molecule has 1 heterocycles. The van der Waals surface area contributed by atoms with Gasteiger partial charge in [0.25, 0.3) is 0 Å². The van der Waals surface area contributed by atoms with E-state index in [1.165, 1.54) is 0 Å². The first-order chi connectivity index (χ1) is 6.20. The van der Waals surface area contributed by atoms with E-state index in [-0.39, 0.29) is 0 Å². The maximum atomic E-state index is 4.14. The van der Waals surface area contributed by atoms with Crippen molar-refractivity contribution in [2.24, 2.45) is 5.92 Å². The minimum Gasteiger partial charge on any atom is -0.307 e. The second kappa shape index (κ2) is 4.92. The molecule has 0 spiro atoms. The fourth-order valence-electron chi connectivity index (χ4n) is 0.909. The second-order valence-corrected chi connectivity index (χ2v) is 3.58. The number of nitrogens with zero attached hydrogens (tertiary/aromatic N) is 2. The van der Waals surface area contributed by atoms with E-state index in [1.54, 1.807) is 12.4 Å². The van der Waals surface area contributed by atoms with Crippen molar-refractivity contribution in [1.29, 1.82) is 0 Å². The fraction of sp³-hybridized carbons (Fsp3) is 0.600. The lowest BCUT2D eigenvalue weighted by Crippen LogP contribution is -2.30. The Morgan fingerprint density at radius 1 is 1.23 bits per heavy atom. The zero-order valence-electron chi connectivity index (χ0n) is 8.49. The summed E-state index contributed by atoms with van der Waals surface area (Å²) in [6, 6.07) is 2.33. The molecule has 0 radical (unpaired) electrons. The van der Waals surface area contributed by atoms with Gasteiger partial charge in [0, 0.05) is 18.4 Å². The van der Waals surface area contributed by atoms with Gasteiger partial charge in [-0.1, -0.05) is 13.8 Å². The van der Waals surface area contributed by atoms with Crippen LogP contribution >= 0.6 is 0 Å².